The van der Waals surface area contributed by atoms with Crippen LogP contribution < -0.4 is 10.6 Å². The first-order valence-corrected chi connectivity index (χ1v) is 11.1. The van der Waals surface area contributed by atoms with Crippen molar-refractivity contribution >= 4 is 38.6 Å². The van der Waals surface area contributed by atoms with Crippen molar-refractivity contribution in [2.45, 2.75) is 62.6 Å². The van der Waals surface area contributed by atoms with Gasteiger partial charge in [0.15, 0.2) is 5.58 Å². The number of nitrogens with zero attached hydrogens (tertiary/aromatic N) is 3. The zero-order chi connectivity index (χ0) is 20.0. The molecule has 0 aromatic carbocycles. The van der Waals surface area contributed by atoms with Gasteiger partial charge in [-0.05, 0) is 54.5 Å². The minimum absolute atomic E-state index is 0.0449. The lowest BCUT2D eigenvalue weighted by Gasteiger charge is -2.36. The van der Waals surface area contributed by atoms with Crippen molar-refractivity contribution in [1.29, 1.82) is 5.26 Å². The fraction of sp³-hybridized carbons (Fsp3) is 0.571. The topological polar surface area (TPSA) is 94.2 Å². The summed E-state index contributed by atoms with van der Waals surface area (Å²) in [6, 6.07) is 4.77. The summed E-state index contributed by atoms with van der Waals surface area (Å²) in [5, 5.41) is 16.7. The van der Waals surface area contributed by atoms with E-state index in [0.29, 0.717) is 29.8 Å². The Morgan fingerprint density at radius 3 is 2.90 bits per heavy atom. The molecule has 2 aromatic rings. The summed E-state index contributed by atoms with van der Waals surface area (Å²) < 4.78 is 6.30. The van der Waals surface area contributed by atoms with Gasteiger partial charge in [-0.2, -0.15) is 5.26 Å². The Kier molecular flexibility index (Phi) is 4.75. The van der Waals surface area contributed by atoms with Gasteiger partial charge in [-0.3, -0.25) is 9.69 Å². The van der Waals surface area contributed by atoms with Crippen molar-refractivity contribution in [3.63, 3.8) is 0 Å². The molecule has 2 aliphatic heterocycles. The fourth-order valence-electron chi connectivity index (χ4n) is 5.21. The summed E-state index contributed by atoms with van der Waals surface area (Å²) in [6.45, 7) is 2.10. The standard InChI is InChI=1S/C21H24BrN5O2/c22-19-16-9-15(10-23)29-17(16)11-24-20(19)25-13-1-3-14(4-2-13)27-8-7-21(12-27)6-5-18(28)26-21/h9,11,13-14H,1-8,12H2,(H,24,25)(H,26,28). The van der Waals surface area contributed by atoms with E-state index in [1.807, 2.05) is 6.07 Å². The molecule has 1 spiro atoms. The van der Waals surface area contributed by atoms with Crippen molar-refractivity contribution in [3.05, 3.63) is 22.5 Å². The van der Waals surface area contributed by atoms with Gasteiger partial charge in [0.25, 0.3) is 0 Å². The van der Waals surface area contributed by atoms with Crippen LogP contribution in [0.2, 0.25) is 0 Å². The first kappa shape index (κ1) is 18.9. The number of rotatable bonds is 3. The molecule has 2 N–H and O–H groups in total. The number of amides is 1. The van der Waals surface area contributed by atoms with Gasteiger partial charge in [-0.25, -0.2) is 4.98 Å². The average molecular weight is 458 g/mol. The van der Waals surface area contributed by atoms with E-state index in [0.717, 1.165) is 67.3 Å². The van der Waals surface area contributed by atoms with Crippen LogP contribution in [-0.4, -0.2) is 46.5 Å². The van der Waals surface area contributed by atoms with Gasteiger partial charge in [-0.15, -0.1) is 0 Å². The number of aromatic nitrogens is 1. The molecule has 0 bridgehead atoms. The molecule has 1 amide bonds. The van der Waals surface area contributed by atoms with Crippen LogP contribution in [0.15, 0.2) is 21.2 Å². The SMILES string of the molecule is N#Cc1cc2c(Br)c(NC3CCC(N4CCC5(CCC(=O)N5)C4)CC3)ncc2o1. The van der Waals surface area contributed by atoms with E-state index in [4.69, 9.17) is 9.68 Å². The molecule has 8 heteroatoms. The second kappa shape index (κ2) is 7.29. The number of pyridine rings is 1. The largest absolute Gasteiger partial charge is 0.444 e. The van der Waals surface area contributed by atoms with Gasteiger partial charge >= 0.3 is 0 Å². The van der Waals surface area contributed by atoms with E-state index >= 15 is 0 Å². The normalized spacial score (nSPS) is 30.0. The highest BCUT2D eigenvalue weighted by Gasteiger charge is 2.45. The number of hydrogen-bond donors (Lipinski definition) is 2. The number of nitrogens with one attached hydrogen (secondary N) is 2. The molecule has 2 aromatic heterocycles. The molecule has 2 saturated heterocycles. The van der Waals surface area contributed by atoms with Gasteiger partial charge in [0.2, 0.25) is 11.7 Å². The monoisotopic (exact) mass is 457 g/mol. The Labute approximate surface area is 177 Å². The molecule has 29 heavy (non-hydrogen) atoms. The number of likely N-dealkylation sites (tertiary alicyclic amines) is 1. The molecule has 1 unspecified atom stereocenters. The third-order valence-electron chi connectivity index (χ3n) is 6.80. The number of fused-ring (bicyclic) bond motifs is 1. The maximum atomic E-state index is 11.7. The number of carbonyl (C=O) groups excluding carboxylic acids is 1. The molecule has 3 fully saturated rings. The summed E-state index contributed by atoms with van der Waals surface area (Å²) in [5.41, 5.74) is 0.660. The number of nitriles is 1. The van der Waals surface area contributed by atoms with Crippen molar-refractivity contribution in [1.82, 2.24) is 15.2 Å². The molecular weight excluding hydrogens is 434 g/mol. The van der Waals surface area contributed by atoms with Crippen molar-refractivity contribution in [3.8, 4) is 6.07 Å². The highest BCUT2D eigenvalue weighted by Crippen LogP contribution is 2.36. The van der Waals surface area contributed by atoms with E-state index in [1.165, 1.54) is 0 Å². The van der Waals surface area contributed by atoms with Crippen LogP contribution in [-0.2, 0) is 4.79 Å². The molecule has 4 heterocycles. The quantitative estimate of drug-likeness (QED) is 0.731. The Bertz CT molecular complexity index is 991. The number of hydrogen-bond acceptors (Lipinski definition) is 6. The van der Waals surface area contributed by atoms with Crippen LogP contribution in [0.25, 0.3) is 11.0 Å². The average Bonchev–Trinajstić information content (AvgIpc) is 3.44. The van der Waals surface area contributed by atoms with Crippen LogP contribution in [0.3, 0.4) is 0 Å². The second-order valence-corrected chi connectivity index (χ2v) is 9.41. The van der Waals surface area contributed by atoms with Crippen LogP contribution in [0, 0.1) is 11.3 Å². The first-order valence-electron chi connectivity index (χ1n) is 10.3. The van der Waals surface area contributed by atoms with Crippen LogP contribution in [0.1, 0.15) is 50.7 Å². The van der Waals surface area contributed by atoms with Crippen LogP contribution in [0.4, 0.5) is 5.82 Å². The smallest absolute Gasteiger partial charge is 0.220 e. The maximum Gasteiger partial charge on any atom is 0.220 e. The molecule has 0 radical (unpaired) electrons. The first-order chi connectivity index (χ1) is 14.0. The lowest BCUT2D eigenvalue weighted by Crippen LogP contribution is -2.46. The predicted octanol–water partition coefficient (Wildman–Crippen LogP) is 3.54. The number of anilines is 1. The third-order valence-corrected chi connectivity index (χ3v) is 7.60. The lowest BCUT2D eigenvalue weighted by molar-refractivity contribution is -0.119. The number of carbonyl (C=O) groups is 1. The maximum absolute atomic E-state index is 11.7. The van der Waals surface area contributed by atoms with E-state index < -0.39 is 0 Å². The Morgan fingerprint density at radius 1 is 1.34 bits per heavy atom. The molecule has 3 aliphatic rings. The fourth-order valence-corrected chi connectivity index (χ4v) is 5.74. The molecule has 5 rings (SSSR count). The van der Waals surface area contributed by atoms with E-state index in [1.54, 1.807) is 12.3 Å². The minimum Gasteiger partial charge on any atom is -0.444 e. The summed E-state index contributed by atoms with van der Waals surface area (Å²) in [4.78, 5) is 18.7. The predicted molar refractivity (Wildman–Crippen MR) is 112 cm³/mol. The summed E-state index contributed by atoms with van der Waals surface area (Å²) in [5.74, 6) is 1.32. The van der Waals surface area contributed by atoms with E-state index in [-0.39, 0.29) is 11.4 Å². The molecule has 7 nitrogen and oxygen atoms in total. The second-order valence-electron chi connectivity index (χ2n) is 8.62. The van der Waals surface area contributed by atoms with Gasteiger partial charge in [0.1, 0.15) is 11.9 Å². The van der Waals surface area contributed by atoms with Crippen molar-refractivity contribution < 1.29 is 9.21 Å². The molecule has 1 atom stereocenters. The Morgan fingerprint density at radius 2 is 2.17 bits per heavy atom. The highest BCUT2D eigenvalue weighted by molar-refractivity contribution is 9.10. The summed E-state index contributed by atoms with van der Waals surface area (Å²) in [7, 11) is 0. The summed E-state index contributed by atoms with van der Waals surface area (Å²) in [6.07, 6.45) is 8.95. The molecule has 152 valence electrons. The zero-order valence-corrected chi connectivity index (χ0v) is 17.8. The van der Waals surface area contributed by atoms with Crippen molar-refractivity contribution in [2.24, 2.45) is 0 Å². The van der Waals surface area contributed by atoms with Gasteiger partial charge < -0.3 is 15.1 Å². The van der Waals surface area contributed by atoms with Crippen LogP contribution >= 0.6 is 15.9 Å². The zero-order valence-electron chi connectivity index (χ0n) is 16.2. The molecule has 1 aliphatic carbocycles. The number of furan rings is 1. The van der Waals surface area contributed by atoms with Gasteiger partial charge in [0.05, 0.1) is 16.2 Å². The highest BCUT2D eigenvalue weighted by atomic mass is 79.9. The lowest BCUT2D eigenvalue weighted by atomic mass is 9.90. The van der Waals surface area contributed by atoms with Gasteiger partial charge in [-0.1, -0.05) is 0 Å². The Balaban J connectivity index is 1.20. The number of halogens is 1. The van der Waals surface area contributed by atoms with Crippen LogP contribution in [0.5, 0.6) is 0 Å². The van der Waals surface area contributed by atoms with Crippen molar-refractivity contribution in [2.75, 3.05) is 18.4 Å². The Hall–Kier alpha value is -2.11. The molecule has 1 saturated carbocycles. The molecular formula is C21H24BrN5O2. The van der Waals surface area contributed by atoms with E-state index in [9.17, 15) is 4.79 Å². The van der Waals surface area contributed by atoms with E-state index in [2.05, 4.69) is 36.4 Å². The summed E-state index contributed by atoms with van der Waals surface area (Å²) >= 11 is 3.62. The third kappa shape index (κ3) is 3.51. The minimum atomic E-state index is 0.0449. The van der Waals surface area contributed by atoms with Gasteiger partial charge in [0, 0.05) is 43.0 Å².